The second-order valence-electron chi connectivity index (χ2n) is 22.4. The number of aromatic carboxylic acids is 1. The van der Waals surface area contributed by atoms with Crippen LogP contribution in [-0.2, 0) is 42.7 Å². The molecule has 3 saturated heterocycles. The molecular weight excluding hydrogens is 994 g/mol. The summed E-state index contributed by atoms with van der Waals surface area (Å²) in [5, 5.41) is 62.8. The molecule has 0 amide bonds. The number of aromatic nitrogens is 1. The van der Waals surface area contributed by atoms with Gasteiger partial charge in [-0.1, -0.05) is 20.8 Å². The molecular formula is C54H90FN5O16. The topological polar surface area (TPSA) is 273 Å². The number of anilines is 1. The first kappa shape index (κ1) is 63.4. The Kier molecular flexibility index (Phi) is 23.0. The number of esters is 1. The first-order chi connectivity index (χ1) is 35.7. The summed E-state index contributed by atoms with van der Waals surface area (Å²) in [6, 6.07) is 1.62. The van der Waals surface area contributed by atoms with Gasteiger partial charge in [0, 0.05) is 68.7 Å². The maximum atomic E-state index is 14.8. The number of hydrogen-bond acceptors (Lipinski definition) is 19. The summed E-state index contributed by atoms with van der Waals surface area (Å²) in [6.07, 6.45) is -7.50. The normalized spacial score (nSPS) is 37.1. The molecule has 2 aromatic rings. The molecule has 0 radical (unpaired) electrons. The molecule has 5 rings (SSSR count). The Morgan fingerprint density at radius 2 is 1.71 bits per heavy atom. The molecule has 0 bridgehead atoms. The van der Waals surface area contributed by atoms with Crippen LogP contribution in [0.4, 0.5) is 10.1 Å². The predicted molar refractivity (Wildman–Crippen MR) is 281 cm³/mol. The summed E-state index contributed by atoms with van der Waals surface area (Å²) < 4.78 is 66.0. The quantitative estimate of drug-likeness (QED) is 0.0568. The number of carboxylic acid groups (broad SMARTS) is 1. The summed E-state index contributed by atoms with van der Waals surface area (Å²) in [5.74, 6) is -5.58. The van der Waals surface area contributed by atoms with Crippen LogP contribution in [-0.4, -0.2) is 211 Å². The van der Waals surface area contributed by atoms with Gasteiger partial charge in [0.15, 0.2) is 12.6 Å². The van der Waals surface area contributed by atoms with Gasteiger partial charge in [-0.05, 0) is 107 Å². The number of halogens is 1. The van der Waals surface area contributed by atoms with E-state index in [0.29, 0.717) is 25.9 Å². The lowest BCUT2D eigenvalue weighted by molar-refractivity contribution is -0.320. The Hall–Kier alpha value is -3.46. The minimum Gasteiger partial charge on any atom is -0.477 e. The van der Waals surface area contributed by atoms with Crippen molar-refractivity contribution >= 4 is 28.5 Å². The second kappa shape index (κ2) is 27.6. The average Bonchev–Trinajstić information content (AvgIpc) is 3.34. The standard InChI is InChI=1S/C54H90FN5O16/c1-15-41-43(33(7)61)44(62)32(6)60(13)26-28(2)23-53(9,68)48(76-52-46(64)40(59(11)12)20-29(3)72-52)30(4)47(31(5)51(67)74-41)75-42-24-54(10,69-14)49(34(8)73-42)71-19-16-56-27-70-18-17-57-39-22-38-35(21-37(39)55)45(63)36(25-58-38)50(65)66/h21-22,25,28-34,40-44,46-49,52,56-57,61-62,64,68H,15-20,23-24,26-27H2,1-14H3,(H,58,63)(H,65,66)/t28?,29?,30?,31?,32?,33-,34?,40-,41?,42-,43?,44?,46+,47-,48+,49-,52-,53+,54+/m0/s1. The molecule has 434 valence electrons. The number of aliphatic hydroxyl groups is 4. The SMILES string of the molecule is CCC1OC(=O)C(C)[C@@H](O[C@H]2C[C@@](C)(OC)[C@@H](OCCNCOCCNc3cc4[nH]cc(C(=O)O)c(=O)c4cc3F)C(C)O2)C(C)[C@@H](O[C@@H]2OC(C)C[C@H](N(C)C)[C@H]2O)[C@](C)(O)CC(C)CN(C)C(C)C(O)C1[C@H](C)O. The highest BCUT2D eigenvalue weighted by atomic mass is 19.1. The second-order valence-corrected chi connectivity index (χ2v) is 22.4. The highest BCUT2D eigenvalue weighted by Gasteiger charge is 2.52. The number of aromatic amines is 1. The van der Waals surface area contributed by atoms with Crippen molar-refractivity contribution in [3.63, 3.8) is 0 Å². The van der Waals surface area contributed by atoms with Gasteiger partial charge in [0.25, 0.3) is 0 Å². The molecule has 9 unspecified atom stereocenters. The molecule has 0 spiro atoms. The number of cyclic esters (lactones) is 1. The zero-order chi connectivity index (χ0) is 56.6. The highest BCUT2D eigenvalue weighted by molar-refractivity contribution is 5.93. The summed E-state index contributed by atoms with van der Waals surface area (Å²) >= 11 is 0. The van der Waals surface area contributed by atoms with Gasteiger partial charge in [0.1, 0.15) is 29.7 Å². The molecule has 4 heterocycles. The van der Waals surface area contributed by atoms with E-state index in [9.17, 15) is 44.3 Å². The van der Waals surface area contributed by atoms with Gasteiger partial charge in [-0.3, -0.25) is 14.9 Å². The molecule has 19 atom stereocenters. The van der Waals surface area contributed by atoms with Crippen molar-refractivity contribution in [2.24, 2.45) is 23.7 Å². The third kappa shape index (κ3) is 15.5. The van der Waals surface area contributed by atoms with E-state index >= 15 is 0 Å². The number of pyridine rings is 1. The van der Waals surface area contributed by atoms with Crippen molar-refractivity contribution in [3.8, 4) is 0 Å². The molecule has 1 aromatic heterocycles. The van der Waals surface area contributed by atoms with Crippen LogP contribution in [0.15, 0.2) is 23.1 Å². The number of aliphatic hydroxyl groups excluding tert-OH is 3. The third-order valence-electron chi connectivity index (χ3n) is 15.9. The number of carbonyl (C=O) groups excluding carboxylic acids is 1. The lowest BCUT2D eigenvalue weighted by atomic mass is 9.77. The van der Waals surface area contributed by atoms with Crippen molar-refractivity contribution in [2.75, 3.05) is 73.1 Å². The fourth-order valence-corrected chi connectivity index (χ4v) is 11.6. The van der Waals surface area contributed by atoms with Crippen molar-refractivity contribution in [1.82, 2.24) is 20.1 Å². The smallest absolute Gasteiger partial charge is 0.341 e. The van der Waals surface area contributed by atoms with Crippen molar-refractivity contribution in [3.05, 3.63) is 39.9 Å². The zero-order valence-electron chi connectivity index (χ0n) is 47.1. The Morgan fingerprint density at radius 3 is 2.34 bits per heavy atom. The Morgan fingerprint density at radius 1 is 1.01 bits per heavy atom. The van der Waals surface area contributed by atoms with E-state index in [2.05, 4.69) is 15.6 Å². The van der Waals surface area contributed by atoms with Crippen molar-refractivity contribution < 1.29 is 77.4 Å². The molecule has 3 aliphatic rings. The number of rotatable bonds is 19. The Labute approximate surface area is 447 Å². The molecule has 21 nitrogen and oxygen atoms in total. The van der Waals surface area contributed by atoms with Crippen LogP contribution < -0.4 is 16.1 Å². The first-order valence-corrected chi connectivity index (χ1v) is 26.9. The van der Waals surface area contributed by atoms with Crippen LogP contribution in [0.2, 0.25) is 0 Å². The largest absolute Gasteiger partial charge is 0.477 e. The van der Waals surface area contributed by atoms with E-state index in [1.54, 1.807) is 27.9 Å². The summed E-state index contributed by atoms with van der Waals surface area (Å²) in [7, 11) is 7.21. The maximum absolute atomic E-state index is 14.8. The summed E-state index contributed by atoms with van der Waals surface area (Å²) in [5.41, 5.74) is -3.43. The number of methoxy groups -OCH3 is 1. The number of H-pyrrole nitrogens is 1. The number of fused-ring (bicyclic) bond motifs is 1. The van der Waals surface area contributed by atoms with E-state index in [-0.39, 0.29) is 74.0 Å². The minimum atomic E-state index is -1.60. The maximum Gasteiger partial charge on any atom is 0.341 e. The summed E-state index contributed by atoms with van der Waals surface area (Å²) in [4.78, 5) is 45.1. The van der Waals surface area contributed by atoms with Gasteiger partial charge >= 0.3 is 11.9 Å². The van der Waals surface area contributed by atoms with E-state index in [4.69, 9.17) is 37.9 Å². The highest BCUT2D eigenvalue weighted by Crippen LogP contribution is 2.41. The van der Waals surface area contributed by atoms with Gasteiger partial charge in [-0.25, -0.2) is 9.18 Å². The van der Waals surface area contributed by atoms with E-state index in [0.717, 1.165) is 12.3 Å². The number of likely N-dealkylation sites (N-methyl/N-ethyl adjacent to an activating group) is 2. The van der Waals surface area contributed by atoms with Gasteiger partial charge in [-0.15, -0.1) is 0 Å². The monoisotopic (exact) mass is 1080 g/mol. The van der Waals surface area contributed by atoms with Crippen molar-refractivity contribution in [2.45, 2.75) is 186 Å². The lowest BCUT2D eigenvalue weighted by Gasteiger charge is -2.49. The predicted octanol–water partition coefficient (Wildman–Crippen LogP) is 3.53. The fourth-order valence-electron chi connectivity index (χ4n) is 11.6. The number of carboxylic acids is 1. The molecule has 0 saturated carbocycles. The molecule has 1 aromatic carbocycles. The number of nitrogens with one attached hydrogen (secondary N) is 3. The van der Waals surface area contributed by atoms with Crippen LogP contribution in [0.5, 0.6) is 0 Å². The van der Waals surface area contributed by atoms with E-state index in [1.165, 1.54) is 6.07 Å². The van der Waals surface area contributed by atoms with Gasteiger partial charge in [-0.2, -0.15) is 0 Å². The molecule has 22 heteroatoms. The molecule has 3 fully saturated rings. The Bertz CT molecular complexity index is 2240. The first-order valence-electron chi connectivity index (χ1n) is 26.9. The van der Waals surface area contributed by atoms with Crippen molar-refractivity contribution in [1.29, 1.82) is 0 Å². The minimum absolute atomic E-state index is 0.0734. The van der Waals surface area contributed by atoms with Crippen LogP contribution in [0.1, 0.15) is 105 Å². The number of benzene rings is 1. The fraction of sp³-hybridized carbons (Fsp3) is 0.796. The average molecular weight is 1080 g/mol. The molecule has 0 aliphatic carbocycles. The van der Waals surface area contributed by atoms with Crippen LogP contribution >= 0.6 is 0 Å². The molecule has 8 N–H and O–H groups in total. The third-order valence-corrected chi connectivity index (χ3v) is 15.9. The molecule has 3 aliphatic heterocycles. The number of ether oxygens (including phenoxy) is 8. The zero-order valence-corrected chi connectivity index (χ0v) is 47.1. The van der Waals surface area contributed by atoms with E-state index < -0.39 is 125 Å². The van der Waals surface area contributed by atoms with Gasteiger partial charge in [0.2, 0.25) is 5.43 Å². The number of nitrogens with zero attached hydrogens (tertiary/aromatic N) is 2. The van der Waals surface area contributed by atoms with Crippen LogP contribution in [0.3, 0.4) is 0 Å². The van der Waals surface area contributed by atoms with Crippen LogP contribution in [0.25, 0.3) is 10.9 Å². The number of carbonyl (C=O) groups is 2. The summed E-state index contributed by atoms with van der Waals surface area (Å²) in [6.45, 7) is 19.8. The van der Waals surface area contributed by atoms with Gasteiger partial charge in [0.05, 0.1) is 84.9 Å². The van der Waals surface area contributed by atoms with Gasteiger partial charge < -0.3 is 83.5 Å². The lowest BCUT2D eigenvalue weighted by Crippen LogP contribution is -2.61. The Balaban J connectivity index is 1.31. The van der Waals surface area contributed by atoms with Crippen LogP contribution in [0, 0.1) is 29.5 Å². The molecule has 76 heavy (non-hydrogen) atoms. The number of hydrogen-bond donors (Lipinski definition) is 8. The van der Waals surface area contributed by atoms with E-state index in [1.807, 2.05) is 79.4 Å².